The van der Waals surface area contributed by atoms with Gasteiger partial charge in [0.15, 0.2) is 5.92 Å². The molecule has 5 aromatic carbocycles. The van der Waals surface area contributed by atoms with Crippen molar-refractivity contribution in [2.45, 2.75) is 42.7 Å². The van der Waals surface area contributed by atoms with Crippen molar-refractivity contribution in [3.63, 3.8) is 0 Å². The highest BCUT2D eigenvalue weighted by molar-refractivity contribution is 6.23. The monoisotopic (exact) mass is 936 g/mol. The number of nitro groups is 1. The van der Waals surface area contributed by atoms with Gasteiger partial charge >= 0.3 is 24.0 Å². The van der Waals surface area contributed by atoms with Gasteiger partial charge in [-0.15, -0.1) is 0 Å². The molecule has 5 aromatic rings. The second kappa shape index (κ2) is 19.8. The first kappa shape index (κ1) is 47.1. The molecule has 3 aliphatic rings. The molecular weight excluding hydrogens is 893 g/mol. The number of esters is 3. The normalized spacial score (nSPS) is 21.3. The molecule has 3 N–H and O–H groups in total. The van der Waals surface area contributed by atoms with Gasteiger partial charge in [0, 0.05) is 29.7 Å². The molecule has 0 unspecified atom stereocenters. The summed E-state index contributed by atoms with van der Waals surface area (Å²) >= 11 is 0. The second-order valence-corrected chi connectivity index (χ2v) is 16.2. The minimum atomic E-state index is -2.30. The van der Waals surface area contributed by atoms with Gasteiger partial charge in [-0.25, -0.2) is 9.69 Å². The maximum absolute atomic E-state index is 16.2. The highest BCUT2D eigenvalue weighted by atomic mass is 16.6. The highest BCUT2D eigenvalue weighted by Gasteiger charge is 2.76. The summed E-state index contributed by atoms with van der Waals surface area (Å²) in [4.78, 5) is 98.8. The van der Waals surface area contributed by atoms with Gasteiger partial charge in [0.25, 0.3) is 5.69 Å². The van der Waals surface area contributed by atoms with Crippen LogP contribution in [0, 0.1) is 33.8 Å². The van der Waals surface area contributed by atoms with Gasteiger partial charge in [0.2, 0.25) is 11.8 Å². The molecule has 8 rings (SSSR count). The van der Waals surface area contributed by atoms with Crippen molar-refractivity contribution in [3.8, 4) is 17.6 Å². The molecule has 6 atom stereocenters. The third-order valence-electron chi connectivity index (χ3n) is 12.5. The van der Waals surface area contributed by atoms with Crippen LogP contribution in [0.1, 0.15) is 58.0 Å². The average Bonchev–Trinajstić information content (AvgIpc) is 3.82. The fraction of sp³-hybridized carbons (Fsp3) is 0.255. The molecule has 1 spiro atoms. The Morgan fingerprint density at radius 3 is 2.12 bits per heavy atom. The van der Waals surface area contributed by atoms with E-state index in [1.165, 1.54) is 42.5 Å². The van der Waals surface area contributed by atoms with Gasteiger partial charge in [-0.2, -0.15) is 0 Å². The Hall–Kier alpha value is -8.40. The van der Waals surface area contributed by atoms with E-state index in [1.54, 1.807) is 77.7 Å². The molecule has 0 aliphatic carbocycles. The first-order valence-corrected chi connectivity index (χ1v) is 21.6. The van der Waals surface area contributed by atoms with E-state index in [0.717, 1.165) is 19.1 Å². The third-order valence-corrected chi connectivity index (χ3v) is 12.5. The van der Waals surface area contributed by atoms with Crippen molar-refractivity contribution >= 4 is 47.2 Å². The maximum Gasteiger partial charge on any atom is 0.421 e. The lowest BCUT2D eigenvalue weighted by molar-refractivity contribution is -0.384. The summed E-state index contributed by atoms with van der Waals surface area (Å²) in [7, 11) is 2.22. The summed E-state index contributed by atoms with van der Waals surface area (Å²) in [6.45, 7) is -1.04. The van der Waals surface area contributed by atoms with Crippen molar-refractivity contribution in [1.29, 1.82) is 0 Å². The van der Waals surface area contributed by atoms with Crippen LogP contribution in [0.3, 0.4) is 0 Å². The summed E-state index contributed by atoms with van der Waals surface area (Å²) in [5.74, 6) is -2.05. The number of nitrogens with zero attached hydrogens (tertiary/aromatic N) is 3. The number of cyclic esters (lactones) is 1. The average molecular weight is 937 g/mol. The van der Waals surface area contributed by atoms with E-state index in [0.29, 0.717) is 16.7 Å². The Labute approximate surface area is 394 Å². The fourth-order valence-electron chi connectivity index (χ4n) is 9.69. The van der Waals surface area contributed by atoms with Gasteiger partial charge in [-0.1, -0.05) is 90.7 Å². The van der Waals surface area contributed by atoms with Crippen LogP contribution in [0.2, 0.25) is 0 Å². The van der Waals surface area contributed by atoms with E-state index in [2.05, 4.69) is 11.8 Å². The van der Waals surface area contributed by atoms with Crippen molar-refractivity contribution in [1.82, 2.24) is 4.90 Å². The zero-order valence-electron chi connectivity index (χ0n) is 37.1. The molecule has 2 saturated heterocycles. The first-order chi connectivity index (χ1) is 33.4. The number of nitro benzene ring substituents is 1. The van der Waals surface area contributed by atoms with Crippen LogP contribution < -0.4 is 15.4 Å². The van der Waals surface area contributed by atoms with Crippen molar-refractivity contribution in [3.05, 3.63) is 171 Å². The Bertz CT molecular complexity index is 2870. The Balaban J connectivity index is 1.39. The van der Waals surface area contributed by atoms with Gasteiger partial charge in [-0.05, 0) is 58.7 Å². The van der Waals surface area contributed by atoms with Gasteiger partial charge in [-0.3, -0.25) is 39.0 Å². The largest absolute Gasteiger partial charge is 0.491 e. The molecule has 18 heteroatoms. The summed E-state index contributed by atoms with van der Waals surface area (Å²) in [5, 5.41) is 21.3. The number of imide groups is 1. The number of ether oxygens (including phenoxy) is 5. The van der Waals surface area contributed by atoms with Crippen LogP contribution in [-0.4, -0.2) is 84.2 Å². The highest BCUT2D eigenvalue weighted by Crippen LogP contribution is 2.66. The quantitative estimate of drug-likeness (QED) is 0.0387. The van der Waals surface area contributed by atoms with E-state index in [4.69, 9.17) is 29.4 Å². The van der Waals surface area contributed by atoms with E-state index in [-0.39, 0.29) is 46.8 Å². The number of primary amides is 1. The van der Waals surface area contributed by atoms with Crippen LogP contribution in [0.15, 0.2) is 127 Å². The van der Waals surface area contributed by atoms with Gasteiger partial charge in [0.1, 0.15) is 36.5 Å². The predicted octanol–water partition coefficient (Wildman–Crippen LogP) is 5.16. The third kappa shape index (κ3) is 8.49. The summed E-state index contributed by atoms with van der Waals surface area (Å²) < 4.78 is 27.9. The summed E-state index contributed by atoms with van der Waals surface area (Å²) in [6.07, 6.45) is -2.58. The Morgan fingerprint density at radius 2 is 1.49 bits per heavy atom. The molecule has 3 amide bonds. The number of carbonyl (C=O) groups excluding carboxylic acids is 6. The van der Waals surface area contributed by atoms with Crippen molar-refractivity contribution in [2.75, 3.05) is 32.3 Å². The minimum absolute atomic E-state index is 0.0279. The number of hydrogen-bond donors (Lipinski definition) is 2. The number of morpholine rings is 1. The van der Waals surface area contributed by atoms with E-state index in [9.17, 15) is 34.4 Å². The number of aliphatic hydroxyl groups excluding tert-OH is 1. The second-order valence-electron chi connectivity index (χ2n) is 16.2. The van der Waals surface area contributed by atoms with E-state index in [1.807, 2.05) is 12.1 Å². The molecule has 3 aliphatic heterocycles. The zero-order chi connectivity index (χ0) is 49.0. The van der Waals surface area contributed by atoms with E-state index < -0.39 is 95.4 Å². The molecule has 0 saturated carbocycles. The molecule has 352 valence electrons. The molecule has 2 fully saturated rings. The lowest BCUT2D eigenvalue weighted by atomic mass is 9.65. The van der Waals surface area contributed by atoms with Crippen LogP contribution in [0.25, 0.3) is 0 Å². The summed E-state index contributed by atoms with van der Waals surface area (Å²) in [6, 6.07) is 30.2. The number of carbonyl (C=O) groups is 6. The van der Waals surface area contributed by atoms with Gasteiger partial charge in [0.05, 0.1) is 49.4 Å². The molecule has 69 heavy (non-hydrogen) atoms. The number of fused-ring (bicyclic) bond motifs is 3. The fourth-order valence-corrected chi connectivity index (χ4v) is 9.69. The van der Waals surface area contributed by atoms with Crippen molar-refractivity contribution < 1.29 is 62.5 Å². The number of para-hydroxylation sites is 1. The minimum Gasteiger partial charge on any atom is -0.491 e. The number of anilines is 1. The number of rotatable bonds is 13. The number of aliphatic hydroxyl groups is 1. The van der Waals surface area contributed by atoms with Crippen molar-refractivity contribution in [2.24, 2.45) is 17.6 Å². The van der Waals surface area contributed by atoms with E-state index >= 15 is 9.59 Å². The molecule has 3 heterocycles. The predicted molar refractivity (Wildman–Crippen MR) is 242 cm³/mol. The smallest absolute Gasteiger partial charge is 0.421 e. The lowest BCUT2D eigenvalue weighted by Crippen LogP contribution is -2.55. The van der Waals surface area contributed by atoms with Crippen LogP contribution in [0.5, 0.6) is 5.75 Å². The standard InChI is InChI=1S/C51H44N4O14/c1-65-46(58)36(47(59)66-2)18-11-12-30-22-25-38-37(28-30)51(49(61)53(38)50(62)68-29-31-20-23-34(24-21-31)55(63)64)40(45(52)57)42-48(60)69-43(33-15-7-4-8-16-33)41(32-13-5-3-6-14-32)54(42)44(51)35-17-9-10-19-39(35)67-27-26-56/h3-10,13-17,19-25,28,36,40-44,56H,18,26-27,29H2,1-2H3,(H2,52,57)/t40-,41-,42-,43+,44+,51-/m0/s1. The van der Waals surface area contributed by atoms with Crippen LogP contribution in [-0.2, 0) is 54.9 Å². The lowest BCUT2D eigenvalue weighted by Gasteiger charge is -2.46. The molecule has 0 bridgehead atoms. The number of amides is 3. The molecule has 18 nitrogen and oxygen atoms in total. The summed E-state index contributed by atoms with van der Waals surface area (Å²) in [5.41, 5.74) is 5.96. The number of hydrogen-bond acceptors (Lipinski definition) is 15. The first-order valence-electron chi connectivity index (χ1n) is 21.6. The Kier molecular flexibility index (Phi) is 13.5. The molecule has 0 aromatic heterocycles. The van der Waals surface area contributed by atoms with Crippen LogP contribution >= 0.6 is 0 Å². The maximum atomic E-state index is 16.2. The number of non-ortho nitro benzene ring substituents is 1. The topological polar surface area (TPSA) is 244 Å². The molecule has 0 radical (unpaired) electrons. The SMILES string of the molecule is COC(=O)C(CC#Cc1ccc2c(c1)[C@]1(C(=O)N2C(=O)OCc2ccc([N+](=O)[O-])cc2)[C@H](C(N)=O)[C@H]2C(=O)O[C@H](c3ccccc3)[C@H](c3ccccc3)N2[C@@H]1c1ccccc1OCCO)C(=O)OC. The van der Waals surface area contributed by atoms with Crippen LogP contribution in [0.4, 0.5) is 16.2 Å². The van der Waals surface area contributed by atoms with Gasteiger partial charge < -0.3 is 34.5 Å². The number of methoxy groups -OCH3 is 2. The Morgan fingerprint density at radius 1 is 0.855 bits per heavy atom. The molecular formula is C51H44N4O14. The zero-order valence-corrected chi connectivity index (χ0v) is 37.1. The number of nitrogens with two attached hydrogens (primary N) is 1. The number of benzene rings is 5.